The van der Waals surface area contributed by atoms with Crippen molar-refractivity contribution < 1.29 is 27.4 Å². The number of rotatable bonds is 4. The molecule has 2 aromatic rings. The molecule has 0 radical (unpaired) electrons. The van der Waals surface area contributed by atoms with Gasteiger partial charge in [-0.05, 0) is 29.8 Å². The Morgan fingerprint density at radius 1 is 1.08 bits per heavy atom. The number of alkyl halides is 3. The molecule has 1 heterocycles. The maximum absolute atomic E-state index is 12.7. The van der Waals surface area contributed by atoms with E-state index in [9.17, 15) is 18.0 Å². The van der Waals surface area contributed by atoms with Gasteiger partial charge in [0.05, 0.1) is 5.56 Å². The summed E-state index contributed by atoms with van der Waals surface area (Å²) < 4.78 is 48.5. The van der Waals surface area contributed by atoms with E-state index in [2.05, 4.69) is 0 Å². The SMILES string of the molecule is O=C(CC=Cc1ccc2c(c1)OCO2)c1cccc(C(F)(F)F)c1. The van der Waals surface area contributed by atoms with Crippen LogP contribution in [0.25, 0.3) is 6.08 Å². The summed E-state index contributed by atoms with van der Waals surface area (Å²) >= 11 is 0. The molecule has 3 rings (SSSR count). The summed E-state index contributed by atoms with van der Waals surface area (Å²) in [5.74, 6) is 0.909. The molecule has 24 heavy (non-hydrogen) atoms. The average molecular weight is 334 g/mol. The largest absolute Gasteiger partial charge is 0.454 e. The fourth-order valence-electron chi connectivity index (χ4n) is 2.31. The van der Waals surface area contributed by atoms with Crippen LogP contribution >= 0.6 is 0 Å². The maximum atomic E-state index is 12.7. The molecule has 0 fully saturated rings. The van der Waals surface area contributed by atoms with E-state index in [0.29, 0.717) is 11.5 Å². The number of carbonyl (C=O) groups is 1. The van der Waals surface area contributed by atoms with E-state index in [4.69, 9.17) is 9.47 Å². The number of allylic oxidation sites excluding steroid dienone is 1. The van der Waals surface area contributed by atoms with Gasteiger partial charge in [0.25, 0.3) is 0 Å². The number of halogens is 3. The van der Waals surface area contributed by atoms with Crippen LogP contribution in [0.15, 0.2) is 48.5 Å². The number of carbonyl (C=O) groups excluding carboxylic acids is 1. The summed E-state index contributed by atoms with van der Waals surface area (Å²) in [6.07, 6.45) is -1.12. The van der Waals surface area contributed by atoms with E-state index < -0.39 is 11.7 Å². The Labute approximate surface area is 136 Å². The van der Waals surface area contributed by atoms with Crippen LogP contribution in [0.2, 0.25) is 0 Å². The smallest absolute Gasteiger partial charge is 0.416 e. The van der Waals surface area contributed by atoms with Gasteiger partial charge in [0, 0.05) is 12.0 Å². The lowest BCUT2D eigenvalue weighted by Crippen LogP contribution is -2.07. The van der Waals surface area contributed by atoms with Crippen LogP contribution in [0.4, 0.5) is 13.2 Å². The van der Waals surface area contributed by atoms with Gasteiger partial charge in [-0.15, -0.1) is 0 Å². The van der Waals surface area contributed by atoms with Gasteiger partial charge in [0.15, 0.2) is 17.3 Å². The van der Waals surface area contributed by atoms with Crippen molar-refractivity contribution in [2.75, 3.05) is 6.79 Å². The van der Waals surface area contributed by atoms with Crippen molar-refractivity contribution in [3.8, 4) is 11.5 Å². The molecule has 3 nitrogen and oxygen atoms in total. The monoisotopic (exact) mass is 334 g/mol. The highest BCUT2D eigenvalue weighted by Crippen LogP contribution is 2.33. The molecule has 0 aliphatic carbocycles. The Hall–Kier alpha value is -2.76. The van der Waals surface area contributed by atoms with Crippen molar-refractivity contribution in [1.29, 1.82) is 0 Å². The highest BCUT2D eigenvalue weighted by atomic mass is 19.4. The van der Waals surface area contributed by atoms with Crippen LogP contribution in [-0.4, -0.2) is 12.6 Å². The van der Waals surface area contributed by atoms with Crippen molar-refractivity contribution in [2.24, 2.45) is 0 Å². The maximum Gasteiger partial charge on any atom is 0.416 e. The van der Waals surface area contributed by atoms with E-state index in [1.165, 1.54) is 12.1 Å². The normalized spacial score (nSPS) is 13.5. The van der Waals surface area contributed by atoms with E-state index in [-0.39, 0.29) is 24.6 Å². The third-order valence-corrected chi connectivity index (χ3v) is 3.52. The molecule has 0 spiro atoms. The van der Waals surface area contributed by atoms with E-state index in [0.717, 1.165) is 17.7 Å². The van der Waals surface area contributed by atoms with E-state index >= 15 is 0 Å². The first-order chi connectivity index (χ1) is 11.4. The number of Topliss-reactive ketones (excluding diaryl/α,β-unsaturated/α-hetero) is 1. The number of fused-ring (bicyclic) bond motifs is 1. The summed E-state index contributed by atoms with van der Waals surface area (Å²) in [4.78, 5) is 12.0. The first kappa shape index (κ1) is 16.1. The van der Waals surface area contributed by atoms with Gasteiger partial charge in [0.1, 0.15) is 0 Å². The van der Waals surface area contributed by atoms with Gasteiger partial charge in [-0.25, -0.2) is 0 Å². The highest BCUT2D eigenvalue weighted by Gasteiger charge is 2.30. The molecule has 0 saturated heterocycles. The third-order valence-electron chi connectivity index (χ3n) is 3.52. The van der Waals surface area contributed by atoms with Gasteiger partial charge >= 0.3 is 6.18 Å². The molecule has 2 aromatic carbocycles. The van der Waals surface area contributed by atoms with Gasteiger partial charge in [-0.3, -0.25) is 4.79 Å². The van der Waals surface area contributed by atoms with E-state index in [1.54, 1.807) is 30.4 Å². The zero-order chi connectivity index (χ0) is 17.2. The Balaban J connectivity index is 1.67. The molecule has 0 bridgehead atoms. The molecule has 6 heteroatoms. The number of hydrogen-bond donors (Lipinski definition) is 0. The van der Waals surface area contributed by atoms with Crippen molar-refractivity contribution in [1.82, 2.24) is 0 Å². The zero-order valence-corrected chi connectivity index (χ0v) is 12.5. The van der Waals surface area contributed by atoms with Crippen molar-refractivity contribution in [2.45, 2.75) is 12.6 Å². The number of ether oxygens (including phenoxy) is 2. The molecule has 0 saturated carbocycles. The van der Waals surface area contributed by atoms with Crippen LogP contribution in [0.5, 0.6) is 11.5 Å². The first-order valence-electron chi connectivity index (χ1n) is 7.20. The molecule has 124 valence electrons. The van der Waals surface area contributed by atoms with Crippen LogP contribution < -0.4 is 9.47 Å². The van der Waals surface area contributed by atoms with Crippen LogP contribution in [0.1, 0.15) is 27.9 Å². The van der Waals surface area contributed by atoms with E-state index in [1.807, 2.05) is 0 Å². The third kappa shape index (κ3) is 3.59. The summed E-state index contributed by atoms with van der Waals surface area (Å²) in [6.45, 7) is 0.177. The van der Waals surface area contributed by atoms with Gasteiger partial charge in [0.2, 0.25) is 6.79 Å². The second-order valence-electron chi connectivity index (χ2n) is 5.22. The lowest BCUT2D eigenvalue weighted by Gasteiger charge is -2.07. The number of hydrogen-bond acceptors (Lipinski definition) is 3. The number of ketones is 1. The first-order valence-corrected chi connectivity index (χ1v) is 7.20. The summed E-state index contributed by atoms with van der Waals surface area (Å²) in [6, 6.07) is 9.77. The fourth-order valence-corrected chi connectivity index (χ4v) is 2.31. The Kier molecular flexibility index (Phi) is 4.29. The zero-order valence-electron chi connectivity index (χ0n) is 12.5. The molecule has 1 aliphatic heterocycles. The van der Waals surface area contributed by atoms with Crippen LogP contribution in [0, 0.1) is 0 Å². The Morgan fingerprint density at radius 3 is 2.67 bits per heavy atom. The highest BCUT2D eigenvalue weighted by molar-refractivity contribution is 5.97. The van der Waals surface area contributed by atoms with Crippen LogP contribution in [0.3, 0.4) is 0 Å². The minimum Gasteiger partial charge on any atom is -0.454 e. The molecule has 0 aromatic heterocycles. The summed E-state index contributed by atoms with van der Waals surface area (Å²) in [5.41, 5.74) is 0.0318. The topological polar surface area (TPSA) is 35.5 Å². The summed E-state index contributed by atoms with van der Waals surface area (Å²) in [5, 5.41) is 0. The lowest BCUT2D eigenvalue weighted by atomic mass is 10.0. The van der Waals surface area contributed by atoms with Crippen molar-refractivity contribution in [3.05, 3.63) is 65.2 Å². The van der Waals surface area contributed by atoms with Gasteiger partial charge in [-0.1, -0.05) is 30.4 Å². The predicted molar refractivity (Wildman–Crippen MR) is 82.0 cm³/mol. The average Bonchev–Trinajstić information content (AvgIpc) is 3.02. The minimum absolute atomic E-state index is 0.00967. The van der Waals surface area contributed by atoms with Gasteiger partial charge < -0.3 is 9.47 Å². The molecule has 0 amide bonds. The standard InChI is InChI=1S/C18H13F3O3/c19-18(20,21)14-5-2-4-13(10-14)15(22)6-1-3-12-7-8-16-17(9-12)24-11-23-16/h1-5,7-10H,6,11H2. The molecule has 0 atom stereocenters. The van der Waals surface area contributed by atoms with Crippen molar-refractivity contribution in [3.63, 3.8) is 0 Å². The molecule has 0 unspecified atom stereocenters. The second kappa shape index (κ2) is 6.39. The molecular formula is C18H13F3O3. The Bertz CT molecular complexity index is 794. The molecule has 0 N–H and O–H groups in total. The second-order valence-corrected chi connectivity index (χ2v) is 5.22. The lowest BCUT2D eigenvalue weighted by molar-refractivity contribution is -0.137. The van der Waals surface area contributed by atoms with Crippen LogP contribution in [-0.2, 0) is 6.18 Å². The minimum atomic E-state index is -4.46. The molecule has 1 aliphatic rings. The number of benzene rings is 2. The predicted octanol–water partition coefficient (Wildman–Crippen LogP) is 4.72. The van der Waals surface area contributed by atoms with Crippen molar-refractivity contribution >= 4 is 11.9 Å². The quantitative estimate of drug-likeness (QED) is 0.759. The Morgan fingerprint density at radius 2 is 1.88 bits per heavy atom. The van der Waals surface area contributed by atoms with Gasteiger partial charge in [-0.2, -0.15) is 13.2 Å². The molecular weight excluding hydrogens is 321 g/mol. The summed E-state index contributed by atoms with van der Waals surface area (Å²) in [7, 11) is 0. The fraction of sp³-hybridized carbons (Fsp3) is 0.167.